The van der Waals surface area contributed by atoms with E-state index in [1.165, 1.54) is 24.4 Å². The lowest BCUT2D eigenvalue weighted by Gasteiger charge is -2.34. The first-order chi connectivity index (χ1) is 17.9. The van der Waals surface area contributed by atoms with Crippen LogP contribution in [0.15, 0.2) is 47.8 Å². The van der Waals surface area contributed by atoms with Gasteiger partial charge in [-0.1, -0.05) is 26.8 Å². The smallest absolute Gasteiger partial charge is 0.281 e. The minimum atomic E-state index is -4.27. The Morgan fingerprint density at radius 1 is 1.16 bits per heavy atom. The molecule has 1 unspecified atom stereocenters. The SMILES string of the molecule is CC(C)COc1cncc(-c2ccc(C(=O)NS(=O)(=O)c3cccc(N)n3)c(N3CC(C)CC3(C)C)n2)n1. The Morgan fingerprint density at radius 2 is 1.92 bits per heavy atom. The maximum Gasteiger partial charge on any atom is 0.281 e. The van der Waals surface area contributed by atoms with Crippen molar-refractivity contribution in [2.24, 2.45) is 11.8 Å². The van der Waals surface area contributed by atoms with E-state index in [0.717, 1.165) is 6.42 Å². The van der Waals surface area contributed by atoms with Gasteiger partial charge in [-0.05, 0) is 56.4 Å². The van der Waals surface area contributed by atoms with Crippen LogP contribution in [0.4, 0.5) is 11.6 Å². The van der Waals surface area contributed by atoms with Crippen molar-refractivity contribution in [3.05, 3.63) is 48.3 Å². The van der Waals surface area contributed by atoms with Crippen LogP contribution < -0.4 is 20.1 Å². The molecule has 0 spiro atoms. The number of aromatic nitrogens is 4. The van der Waals surface area contributed by atoms with E-state index in [9.17, 15) is 13.2 Å². The zero-order chi connectivity index (χ0) is 27.7. The van der Waals surface area contributed by atoms with E-state index in [4.69, 9.17) is 15.5 Å². The summed E-state index contributed by atoms with van der Waals surface area (Å²) in [5, 5.41) is -0.347. The number of anilines is 2. The summed E-state index contributed by atoms with van der Waals surface area (Å²) in [4.78, 5) is 32.8. The largest absolute Gasteiger partial charge is 0.476 e. The van der Waals surface area contributed by atoms with Gasteiger partial charge in [-0.15, -0.1) is 0 Å². The van der Waals surface area contributed by atoms with Gasteiger partial charge in [0, 0.05) is 12.1 Å². The number of carbonyl (C=O) groups is 1. The van der Waals surface area contributed by atoms with Crippen LogP contribution in [0.2, 0.25) is 0 Å². The second-order valence-electron chi connectivity index (χ2n) is 10.6. The number of rotatable bonds is 8. The van der Waals surface area contributed by atoms with E-state index >= 15 is 0 Å². The Kier molecular flexibility index (Phi) is 7.54. The van der Waals surface area contributed by atoms with Crippen molar-refractivity contribution in [3.63, 3.8) is 0 Å². The van der Waals surface area contributed by atoms with E-state index in [1.54, 1.807) is 18.3 Å². The van der Waals surface area contributed by atoms with E-state index in [1.807, 2.05) is 18.7 Å². The Labute approximate surface area is 222 Å². The molecule has 3 aromatic rings. The van der Waals surface area contributed by atoms with Gasteiger partial charge in [0.15, 0.2) is 5.03 Å². The number of amides is 1. The standard InChI is InChI=1S/C26H33N7O4S/c1-16(2)15-37-22-13-28-12-20(29-22)19-10-9-18(24(30-19)33-14-17(3)11-26(33,4)5)25(34)32-38(35,36)23-8-6-7-21(27)31-23/h6-10,12-13,16-17H,11,14-15H2,1-5H3,(H2,27,31)(H,32,34). The minimum Gasteiger partial charge on any atom is -0.476 e. The molecule has 11 nitrogen and oxygen atoms in total. The van der Waals surface area contributed by atoms with Crippen LogP contribution >= 0.6 is 0 Å². The van der Waals surface area contributed by atoms with E-state index < -0.39 is 15.9 Å². The first kappa shape index (κ1) is 27.2. The van der Waals surface area contributed by atoms with Crippen LogP contribution in [0.3, 0.4) is 0 Å². The second-order valence-corrected chi connectivity index (χ2v) is 12.2. The number of nitrogens with one attached hydrogen (secondary N) is 1. The molecule has 1 saturated heterocycles. The van der Waals surface area contributed by atoms with Crippen molar-refractivity contribution in [2.75, 3.05) is 23.8 Å². The minimum absolute atomic E-state index is 0.0283. The van der Waals surface area contributed by atoms with Gasteiger partial charge in [-0.3, -0.25) is 9.78 Å². The molecule has 202 valence electrons. The highest BCUT2D eigenvalue weighted by molar-refractivity contribution is 7.90. The van der Waals surface area contributed by atoms with Gasteiger partial charge < -0.3 is 15.4 Å². The highest BCUT2D eigenvalue weighted by Crippen LogP contribution is 2.38. The van der Waals surface area contributed by atoms with Crippen LogP contribution in [-0.2, 0) is 10.0 Å². The summed E-state index contributed by atoms with van der Waals surface area (Å²) < 4.78 is 33.6. The van der Waals surface area contributed by atoms with Crippen LogP contribution in [0.1, 0.15) is 51.4 Å². The molecular formula is C26H33N7O4S. The van der Waals surface area contributed by atoms with Gasteiger partial charge >= 0.3 is 0 Å². The molecule has 1 aliphatic rings. The van der Waals surface area contributed by atoms with Gasteiger partial charge in [-0.2, -0.15) is 8.42 Å². The summed E-state index contributed by atoms with van der Waals surface area (Å²) in [6.45, 7) is 11.5. The Balaban J connectivity index is 1.74. The molecule has 1 aliphatic heterocycles. The topological polar surface area (TPSA) is 153 Å². The average molecular weight is 540 g/mol. The fourth-order valence-electron chi connectivity index (χ4n) is 4.54. The maximum atomic E-state index is 13.4. The molecule has 1 amide bonds. The number of sulfonamides is 1. The molecule has 0 aromatic carbocycles. The lowest BCUT2D eigenvalue weighted by atomic mass is 9.97. The van der Waals surface area contributed by atoms with Gasteiger partial charge in [0.1, 0.15) is 17.3 Å². The first-order valence-electron chi connectivity index (χ1n) is 12.4. The van der Waals surface area contributed by atoms with Crippen LogP contribution in [0.5, 0.6) is 5.88 Å². The molecule has 1 fully saturated rings. The molecule has 3 aromatic heterocycles. The van der Waals surface area contributed by atoms with Crippen molar-refractivity contribution in [1.82, 2.24) is 24.7 Å². The number of ether oxygens (including phenoxy) is 1. The Morgan fingerprint density at radius 3 is 2.58 bits per heavy atom. The van der Waals surface area contributed by atoms with Gasteiger partial charge in [0.05, 0.1) is 30.3 Å². The van der Waals surface area contributed by atoms with Crippen LogP contribution in [-0.4, -0.2) is 53.0 Å². The molecule has 0 aliphatic carbocycles. The molecule has 3 N–H and O–H groups in total. The molecule has 12 heteroatoms. The molecule has 0 bridgehead atoms. The number of nitrogen functional groups attached to an aromatic ring is 1. The molecule has 1 atom stereocenters. The van der Waals surface area contributed by atoms with E-state index in [0.29, 0.717) is 48.1 Å². The fraction of sp³-hybridized carbons (Fsp3) is 0.423. The summed E-state index contributed by atoms with van der Waals surface area (Å²) in [5.74, 6) is 0.609. The zero-order valence-corrected chi connectivity index (χ0v) is 23.0. The number of nitrogens with two attached hydrogens (primary N) is 1. The van der Waals surface area contributed by atoms with Crippen molar-refractivity contribution < 1.29 is 17.9 Å². The highest BCUT2D eigenvalue weighted by atomic mass is 32.2. The van der Waals surface area contributed by atoms with E-state index in [-0.39, 0.29) is 21.9 Å². The Bertz CT molecular complexity index is 1440. The zero-order valence-electron chi connectivity index (χ0n) is 22.2. The van der Waals surface area contributed by atoms with Crippen molar-refractivity contribution >= 4 is 27.6 Å². The summed E-state index contributed by atoms with van der Waals surface area (Å²) in [6, 6.07) is 7.36. The summed E-state index contributed by atoms with van der Waals surface area (Å²) in [7, 11) is -4.27. The van der Waals surface area contributed by atoms with Crippen molar-refractivity contribution in [2.45, 2.75) is 51.6 Å². The van der Waals surface area contributed by atoms with Crippen molar-refractivity contribution in [1.29, 1.82) is 0 Å². The lowest BCUT2D eigenvalue weighted by Crippen LogP contribution is -2.41. The normalized spacial score (nSPS) is 17.0. The number of carbonyl (C=O) groups excluding carboxylic acids is 1. The first-order valence-corrected chi connectivity index (χ1v) is 13.9. The van der Waals surface area contributed by atoms with Crippen LogP contribution in [0.25, 0.3) is 11.4 Å². The number of nitrogens with zero attached hydrogens (tertiary/aromatic N) is 5. The Hall–Kier alpha value is -3.80. The summed E-state index contributed by atoms with van der Waals surface area (Å²) in [5.41, 5.74) is 6.39. The molecule has 4 rings (SSSR count). The number of hydrogen-bond acceptors (Lipinski definition) is 10. The number of hydrogen-bond donors (Lipinski definition) is 2. The number of pyridine rings is 2. The fourth-order valence-corrected chi connectivity index (χ4v) is 5.48. The quantitative estimate of drug-likeness (QED) is 0.436. The third-order valence-electron chi connectivity index (χ3n) is 6.14. The van der Waals surface area contributed by atoms with E-state index in [2.05, 4.69) is 40.4 Å². The monoisotopic (exact) mass is 539 g/mol. The van der Waals surface area contributed by atoms with Crippen molar-refractivity contribution in [3.8, 4) is 17.3 Å². The third kappa shape index (κ3) is 6.01. The molecular weight excluding hydrogens is 506 g/mol. The maximum absolute atomic E-state index is 13.4. The molecule has 0 radical (unpaired) electrons. The predicted octanol–water partition coefficient (Wildman–Crippen LogP) is 3.29. The lowest BCUT2D eigenvalue weighted by molar-refractivity contribution is 0.0981. The predicted molar refractivity (Wildman–Crippen MR) is 144 cm³/mol. The molecule has 0 saturated carbocycles. The molecule has 4 heterocycles. The van der Waals surface area contributed by atoms with Gasteiger partial charge in [0.2, 0.25) is 5.88 Å². The third-order valence-corrected chi connectivity index (χ3v) is 7.37. The van der Waals surface area contributed by atoms with Crippen LogP contribution in [0, 0.1) is 11.8 Å². The average Bonchev–Trinajstić information content (AvgIpc) is 3.13. The second kappa shape index (κ2) is 10.5. The summed E-state index contributed by atoms with van der Waals surface area (Å²) in [6.07, 6.45) is 3.99. The summed E-state index contributed by atoms with van der Waals surface area (Å²) >= 11 is 0. The van der Waals surface area contributed by atoms with Gasteiger partial charge in [-0.25, -0.2) is 19.7 Å². The van der Waals surface area contributed by atoms with Gasteiger partial charge in [0.25, 0.3) is 15.9 Å². The highest BCUT2D eigenvalue weighted by Gasteiger charge is 2.39. The molecule has 38 heavy (non-hydrogen) atoms.